The maximum absolute atomic E-state index is 12.3. The van der Waals surface area contributed by atoms with E-state index >= 15 is 0 Å². The molecule has 5 heteroatoms. The average molecular weight is 288 g/mol. The van der Waals surface area contributed by atoms with Gasteiger partial charge in [0.15, 0.2) is 6.04 Å². The van der Waals surface area contributed by atoms with E-state index in [2.05, 4.69) is 17.1 Å². The van der Waals surface area contributed by atoms with Crippen molar-refractivity contribution in [3.05, 3.63) is 30.1 Å². The van der Waals surface area contributed by atoms with Crippen molar-refractivity contribution >= 4 is 11.8 Å². The van der Waals surface area contributed by atoms with Gasteiger partial charge in [-0.15, -0.1) is 0 Å². The molecule has 0 radical (unpaired) electrons. The van der Waals surface area contributed by atoms with Gasteiger partial charge in [0.25, 0.3) is 5.91 Å². The van der Waals surface area contributed by atoms with E-state index in [0.29, 0.717) is 18.9 Å². The van der Waals surface area contributed by atoms with Gasteiger partial charge >= 0.3 is 0 Å². The molecule has 112 valence electrons. The van der Waals surface area contributed by atoms with Crippen LogP contribution in [0.3, 0.4) is 0 Å². The van der Waals surface area contributed by atoms with Crippen molar-refractivity contribution in [2.75, 3.05) is 19.6 Å². The number of likely N-dealkylation sites (N-methyl/N-ethyl adjacent to an activating group) is 1. The average Bonchev–Trinajstić information content (AvgIpc) is 2.82. The van der Waals surface area contributed by atoms with Crippen LogP contribution in [0.5, 0.6) is 0 Å². The number of hydrogen-bond acceptors (Lipinski definition) is 3. The summed E-state index contributed by atoms with van der Waals surface area (Å²) in [5.74, 6) is 0.586. The lowest BCUT2D eigenvalue weighted by Crippen LogP contribution is -3.17. The number of pyridine rings is 1. The molecular weight excluding hydrogens is 266 g/mol. The normalized spacial score (nSPS) is 30.0. The van der Waals surface area contributed by atoms with Crippen LogP contribution in [0.25, 0.3) is 0 Å². The summed E-state index contributed by atoms with van der Waals surface area (Å²) < 4.78 is 0. The molecule has 2 fully saturated rings. The topological polar surface area (TPSA) is 54.7 Å². The van der Waals surface area contributed by atoms with E-state index in [9.17, 15) is 9.59 Å². The molecule has 1 aromatic heterocycles. The molecular formula is C16H22N3O2+. The summed E-state index contributed by atoms with van der Waals surface area (Å²) in [7, 11) is 0. The van der Waals surface area contributed by atoms with Crippen molar-refractivity contribution in [2.45, 2.75) is 38.1 Å². The molecule has 2 amide bonds. The Hall–Kier alpha value is -1.75. The fourth-order valence-electron chi connectivity index (χ4n) is 3.64. The molecule has 1 aromatic rings. The number of aromatic nitrogens is 1. The van der Waals surface area contributed by atoms with Crippen LogP contribution >= 0.6 is 0 Å². The first-order valence-electron chi connectivity index (χ1n) is 7.79. The highest BCUT2D eigenvalue weighted by Gasteiger charge is 2.45. The van der Waals surface area contributed by atoms with Gasteiger partial charge in [0.2, 0.25) is 5.91 Å². The standard InChI is InChI=1S/C16H21N3O2/c1-2-19-15(20)11-14(16(19)21)18-9-5-13(6-10-18)12-3-7-17-8-4-12/h3-4,7-8,13-14H,2,5-6,9-11H2,1H3/p+1/t14-/m0/s1. The number of hydrogen-bond donors (Lipinski definition) is 1. The molecule has 1 N–H and O–H groups in total. The van der Waals surface area contributed by atoms with E-state index in [4.69, 9.17) is 0 Å². The van der Waals surface area contributed by atoms with Gasteiger partial charge in [0.1, 0.15) is 0 Å². The zero-order valence-corrected chi connectivity index (χ0v) is 12.4. The molecule has 2 aliphatic rings. The van der Waals surface area contributed by atoms with Crippen molar-refractivity contribution in [1.82, 2.24) is 9.88 Å². The van der Waals surface area contributed by atoms with Crippen LogP contribution in [-0.4, -0.2) is 47.4 Å². The van der Waals surface area contributed by atoms with Crippen molar-refractivity contribution in [1.29, 1.82) is 0 Å². The first kappa shape index (κ1) is 14.2. The van der Waals surface area contributed by atoms with Gasteiger partial charge in [-0.05, 0) is 30.5 Å². The van der Waals surface area contributed by atoms with Crippen molar-refractivity contribution in [3.63, 3.8) is 0 Å². The number of imide groups is 1. The second-order valence-corrected chi connectivity index (χ2v) is 5.95. The van der Waals surface area contributed by atoms with Gasteiger partial charge in [-0.25, -0.2) is 0 Å². The highest BCUT2D eigenvalue weighted by molar-refractivity contribution is 6.04. The quantitative estimate of drug-likeness (QED) is 0.796. The van der Waals surface area contributed by atoms with E-state index < -0.39 is 0 Å². The molecule has 0 aromatic carbocycles. The lowest BCUT2D eigenvalue weighted by Gasteiger charge is -2.32. The Labute approximate surface area is 124 Å². The molecule has 3 heterocycles. The number of nitrogens with zero attached hydrogens (tertiary/aromatic N) is 2. The predicted molar refractivity (Wildman–Crippen MR) is 77.7 cm³/mol. The zero-order valence-electron chi connectivity index (χ0n) is 12.4. The number of quaternary nitrogens is 1. The van der Waals surface area contributed by atoms with Gasteiger partial charge in [-0.1, -0.05) is 0 Å². The first-order chi connectivity index (χ1) is 10.2. The van der Waals surface area contributed by atoms with Crippen molar-refractivity contribution in [3.8, 4) is 0 Å². The molecule has 2 aliphatic heterocycles. The molecule has 5 nitrogen and oxygen atoms in total. The molecule has 0 unspecified atom stereocenters. The molecule has 0 spiro atoms. The van der Waals surface area contributed by atoms with E-state index in [-0.39, 0.29) is 17.9 Å². The molecule has 0 bridgehead atoms. The maximum Gasteiger partial charge on any atom is 0.287 e. The maximum atomic E-state index is 12.3. The largest absolute Gasteiger partial charge is 0.324 e. The lowest BCUT2D eigenvalue weighted by molar-refractivity contribution is -0.920. The highest BCUT2D eigenvalue weighted by atomic mass is 16.2. The van der Waals surface area contributed by atoms with Crippen LogP contribution < -0.4 is 4.90 Å². The third kappa shape index (κ3) is 2.70. The van der Waals surface area contributed by atoms with Crippen LogP contribution in [0.2, 0.25) is 0 Å². The van der Waals surface area contributed by atoms with Gasteiger partial charge in [0, 0.05) is 31.8 Å². The van der Waals surface area contributed by atoms with Gasteiger partial charge in [-0.3, -0.25) is 19.5 Å². The molecule has 0 saturated carbocycles. The predicted octanol–water partition coefficient (Wildman–Crippen LogP) is -0.00870. The molecule has 0 aliphatic carbocycles. The summed E-state index contributed by atoms with van der Waals surface area (Å²) in [6.45, 7) is 4.30. The summed E-state index contributed by atoms with van der Waals surface area (Å²) >= 11 is 0. The van der Waals surface area contributed by atoms with Gasteiger partial charge in [-0.2, -0.15) is 0 Å². The number of nitrogens with one attached hydrogen (secondary N) is 1. The van der Waals surface area contributed by atoms with E-state index in [1.54, 1.807) is 0 Å². The van der Waals surface area contributed by atoms with Crippen molar-refractivity contribution in [2.24, 2.45) is 0 Å². The number of amides is 2. The minimum absolute atomic E-state index is 0.00347. The minimum atomic E-state index is -0.143. The minimum Gasteiger partial charge on any atom is -0.324 e. The second kappa shape index (κ2) is 5.93. The second-order valence-electron chi connectivity index (χ2n) is 5.95. The number of rotatable bonds is 3. The summed E-state index contributed by atoms with van der Waals surface area (Å²) in [5, 5.41) is 0. The number of likely N-dealkylation sites (tertiary alicyclic amines) is 2. The first-order valence-corrected chi connectivity index (χ1v) is 7.79. The molecule has 21 heavy (non-hydrogen) atoms. The summed E-state index contributed by atoms with van der Waals surface area (Å²) in [6.07, 6.45) is 6.22. The van der Waals surface area contributed by atoms with Gasteiger partial charge in [0.05, 0.1) is 19.5 Å². The number of piperidine rings is 1. The fourth-order valence-corrected chi connectivity index (χ4v) is 3.64. The SMILES string of the molecule is CCN1C(=O)C[C@H]([NH+]2CCC(c3ccncc3)CC2)C1=O. The highest BCUT2D eigenvalue weighted by Crippen LogP contribution is 2.23. The Kier molecular flexibility index (Phi) is 4.01. The Bertz CT molecular complexity index is 524. The smallest absolute Gasteiger partial charge is 0.287 e. The Morgan fingerprint density at radius 2 is 1.90 bits per heavy atom. The monoisotopic (exact) mass is 288 g/mol. The fraction of sp³-hybridized carbons (Fsp3) is 0.562. The van der Waals surface area contributed by atoms with E-state index in [1.165, 1.54) is 15.4 Å². The Morgan fingerprint density at radius 3 is 2.48 bits per heavy atom. The van der Waals surface area contributed by atoms with Crippen molar-refractivity contribution < 1.29 is 14.5 Å². The van der Waals surface area contributed by atoms with Gasteiger partial charge < -0.3 is 4.90 Å². The molecule has 3 rings (SSSR count). The zero-order chi connectivity index (χ0) is 14.8. The molecule has 1 atom stereocenters. The Balaban J connectivity index is 1.62. The van der Waals surface area contributed by atoms with Crippen LogP contribution in [0, 0.1) is 0 Å². The third-order valence-electron chi connectivity index (χ3n) is 4.86. The van der Waals surface area contributed by atoms with Crippen LogP contribution in [0.1, 0.15) is 37.7 Å². The van der Waals surface area contributed by atoms with E-state index in [0.717, 1.165) is 25.9 Å². The lowest BCUT2D eigenvalue weighted by atomic mass is 9.89. The van der Waals surface area contributed by atoms with Crippen LogP contribution in [-0.2, 0) is 9.59 Å². The summed E-state index contributed by atoms with van der Waals surface area (Å²) in [5.41, 5.74) is 1.34. The number of carbonyl (C=O) groups is 2. The molecule has 2 saturated heterocycles. The number of carbonyl (C=O) groups excluding carboxylic acids is 2. The van der Waals surface area contributed by atoms with Crippen LogP contribution in [0.4, 0.5) is 0 Å². The summed E-state index contributed by atoms with van der Waals surface area (Å²) in [6, 6.07) is 4.02. The van der Waals surface area contributed by atoms with Crippen LogP contribution in [0.15, 0.2) is 24.5 Å². The third-order valence-corrected chi connectivity index (χ3v) is 4.86. The Morgan fingerprint density at radius 1 is 1.24 bits per heavy atom. The van der Waals surface area contributed by atoms with E-state index in [1.807, 2.05) is 19.3 Å². The summed E-state index contributed by atoms with van der Waals surface area (Å²) in [4.78, 5) is 30.9.